The van der Waals surface area contributed by atoms with Gasteiger partial charge in [0, 0.05) is 26.2 Å². The molecule has 0 radical (unpaired) electrons. The minimum Gasteiger partial charge on any atom is -0.467 e. The number of aryl methyl sites for hydroxylation is 4. The Hall–Kier alpha value is -6.78. The zero-order chi connectivity index (χ0) is 42.4. The monoisotopic (exact) mass is 836 g/mol. The molecule has 0 saturated carbocycles. The highest BCUT2D eigenvalue weighted by Gasteiger charge is 2.25. The quantitative estimate of drug-likeness (QED) is 0.125. The van der Waals surface area contributed by atoms with Gasteiger partial charge < -0.3 is 38.7 Å². The molecule has 2 fully saturated rings. The van der Waals surface area contributed by atoms with Crippen LogP contribution in [0.5, 0.6) is 0 Å². The lowest BCUT2D eigenvalue weighted by Gasteiger charge is -2.28. The van der Waals surface area contributed by atoms with Crippen LogP contribution >= 0.6 is 0 Å². The van der Waals surface area contributed by atoms with Crippen LogP contribution in [-0.2, 0) is 35.4 Å². The van der Waals surface area contributed by atoms with E-state index < -0.39 is 0 Å². The first kappa shape index (κ1) is 40.6. The number of rotatable bonds is 12. The summed E-state index contributed by atoms with van der Waals surface area (Å²) in [5.74, 6) is 4.56. The van der Waals surface area contributed by atoms with E-state index in [0.29, 0.717) is 51.4 Å². The molecule has 0 spiro atoms. The normalized spacial score (nSPS) is 14.3. The molecule has 2 aromatic carbocycles. The third kappa shape index (κ3) is 8.69. The minimum absolute atomic E-state index is 0.514. The highest BCUT2D eigenvalue weighted by molar-refractivity contribution is 5.92. The number of fused-ring (bicyclic) bond motifs is 2. The standard InChI is InChI=1S/2C23H26N6O2/c1-3-19-20-21(28-10-13-30-14-11-28)25-23(24-15-18-5-4-12-31-18)26-22(20)29(27-19)17-8-6-16(2)7-9-17;1-3-17-13-16(2)6-7-20(17)29-22-19(15-25-29)21(28-8-11-30-12-9-28)26-23(27-22)24-14-18-5-4-10-31-18/h4-9,12H,3,10-11,13-15H2,1-2H3,(H,24,25,26);4-7,10,13,15H,3,8-9,11-12,14H2,1-2H3,(H,24,26,27). The van der Waals surface area contributed by atoms with Crippen LogP contribution in [0.3, 0.4) is 0 Å². The Balaban J connectivity index is 0.000000158. The molecule has 0 amide bonds. The van der Waals surface area contributed by atoms with Crippen molar-refractivity contribution in [2.75, 3.05) is 73.0 Å². The number of nitrogens with zero attached hydrogens (tertiary/aromatic N) is 10. The van der Waals surface area contributed by atoms with Crippen LogP contribution in [0.25, 0.3) is 33.4 Å². The molecule has 0 atom stereocenters. The summed E-state index contributed by atoms with van der Waals surface area (Å²) in [7, 11) is 0. The molecule has 2 N–H and O–H groups in total. The SMILES string of the molecule is CCc1cc(C)ccc1-n1ncc2c(N3CCOCC3)nc(NCc3ccco3)nc21.CCc1nn(-c2ccc(C)cc2)c2nc(NCc3ccco3)nc(N3CCOCC3)c12. The molecule has 62 heavy (non-hydrogen) atoms. The summed E-state index contributed by atoms with van der Waals surface area (Å²) in [4.78, 5) is 24.0. The van der Waals surface area contributed by atoms with Crippen LogP contribution in [0.1, 0.15) is 47.8 Å². The second-order valence-electron chi connectivity index (χ2n) is 15.3. The van der Waals surface area contributed by atoms with E-state index in [0.717, 1.165) is 101 Å². The summed E-state index contributed by atoms with van der Waals surface area (Å²) in [6, 6.07) is 22.4. The molecule has 2 saturated heterocycles. The van der Waals surface area contributed by atoms with Gasteiger partial charge in [0.15, 0.2) is 11.3 Å². The first-order valence-electron chi connectivity index (χ1n) is 21.4. The Bertz CT molecular complexity index is 2720. The summed E-state index contributed by atoms with van der Waals surface area (Å²) in [5.41, 5.74) is 8.31. The van der Waals surface area contributed by atoms with E-state index in [-0.39, 0.29) is 0 Å². The van der Waals surface area contributed by atoms with E-state index in [1.807, 2.05) is 39.8 Å². The molecule has 16 heteroatoms. The van der Waals surface area contributed by atoms with E-state index in [2.05, 4.69) is 90.6 Å². The maximum atomic E-state index is 5.57. The van der Waals surface area contributed by atoms with Crippen molar-refractivity contribution >= 4 is 45.6 Å². The first-order chi connectivity index (χ1) is 30.4. The Morgan fingerprint density at radius 2 is 1.23 bits per heavy atom. The van der Waals surface area contributed by atoms with E-state index in [1.54, 1.807) is 12.5 Å². The Kier molecular flexibility index (Phi) is 12.1. The summed E-state index contributed by atoms with van der Waals surface area (Å²) < 4.78 is 25.9. The number of nitrogens with one attached hydrogen (secondary N) is 2. The highest BCUT2D eigenvalue weighted by Crippen LogP contribution is 2.32. The van der Waals surface area contributed by atoms with Crippen LogP contribution in [0.4, 0.5) is 23.5 Å². The van der Waals surface area contributed by atoms with Crippen LogP contribution in [0.2, 0.25) is 0 Å². The summed E-state index contributed by atoms with van der Waals surface area (Å²) in [6.07, 6.45) is 6.92. The van der Waals surface area contributed by atoms with Crippen molar-refractivity contribution in [2.45, 2.75) is 53.6 Å². The lowest BCUT2D eigenvalue weighted by atomic mass is 10.1. The molecule has 8 aromatic rings. The molecule has 0 aliphatic carbocycles. The number of morpholine rings is 2. The smallest absolute Gasteiger partial charge is 0.227 e. The van der Waals surface area contributed by atoms with Crippen LogP contribution in [0, 0.1) is 13.8 Å². The Morgan fingerprint density at radius 3 is 1.82 bits per heavy atom. The molecular formula is C46H52N12O4. The summed E-state index contributed by atoms with van der Waals surface area (Å²) >= 11 is 0. The topological polar surface area (TPSA) is 162 Å². The number of aromatic nitrogens is 8. The minimum atomic E-state index is 0.514. The van der Waals surface area contributed by atoms with Crippen molar-refractivity contribution in [3.05, 3.63) is 119 Å². The maximum absolute atomic E-state index is 5.57. The van der Waals surface area contributed by atoms with Crippen molar-refractivity contribution in [3.8, 4) is 11.4 Å². The van der Waals surface area contributed by atoms with Crippen molar-refractivity contribution in [2.24, 2.45) is 0 Å². The molecule has 0 bridgehead atoms. The Labute approximate surface area is 359 Å². The fourth-order valence-electron chi connectivity index (χ4n) is 7.79. The molecule has 2 aliphatic heterocycles. The average Bonchev–Trinajstić information content (AvgIpc) is 4.16. The fourth-order valence-corrected chi connectivity index (χ4v) is 7.79. The van der Waals surface area contributed by atoms with Crippen molar-refractivity contribution in [3.63, 3.8) is 0 Å². The van der Waals surface area contributed by atoms with E-state index in [1.165, 1.54) is 16.7 Å². The zero-order valence-electron chi connectivity index (χ0n) is 35.7. The first-order valence-corrected chi connectivity index (χ1v) is 21.4. The third-order valence-electron chi connectivity index (χ3n) is 11.1. The van der Waals surface area contributed by atoms with E-state index in [9.17, 15) is 0 Å². The average molecular weight is 837 g/mol. The number of benzene rings is 2. The fraction of sp³-hybridized carbons (Fsp3) is 0.348. The lowest BCUT2D eigenvalue weighted by molar-refractivity contribution is 0.122. The van der Waals surface area contributed by atoms with Crippen molar-refractivity contribution in [1.82, 2.24) is 39.5 Å². The molecule has 10 rings (SSSR count). The zero-order valence-corrected chi connectivity index (χ0v) is 35.7. The van der Waals surface area contributed by atoms with Gasteiger partial charge in [0.05, 0.1) is 86.1 Å². The molecule has 6 aromatic heterocycles. The molecule has 2 aliphatic rings. The summed E-state index contributed by atoms with van der Waals surface area (Å²) in [5, 5.41) is 18.2. The molecular weight excluding hydrogens is 785 g/mol. The van der Waals surface area contributed by atoms with Gasteiger partial charge in [-0.25, -0.2) is 9.36 Å². The molecule has 0 unspecified atom stereocenters. The Morgan fingerprint density at radius 1 is 0.629 bits per heavy atom. The van der Waals surface area contributed by atoms with E-state index >= 15 is 0 Å². The predicted molar refractivity (Wildman–Crippen MR) is 240 cm³/mol. The number of ether oxygens (including phenoxy) is 2. The molecule has 8 heterocycles. The van der Waals surface area contributed by atoms with Gasteiger partial charge in [0.2, 0.25) is 11.9 Å². The second-order valence-corrected chi connectivity index (χ2v) is 15.3. The summed E-state index contributed by atoms with van der Waals surface area (Å²) in [6.45, 7) is 15.4. The number of hydrogen-bond donors (Lipinski definition) is 2. The number of hydrogen-bond acceptors (Lipinski definition) is 14. The van der Waals surface area contributed by atoms with Crippen LogP contribution in [-0.4, -0.2) is 92.1 Å². The van der Waals surface area contributed by atoms with Gasteiger partial charge in [-0.15, -0.1) is 0 Å². The van der Waals surface area contributed by atoms with Gasteiger partial charge in [-0.3, -0.25) is 0 Å². The van der Waals surface area contributed by atoms with Gasteiger partial charge >= 0.3 is 0 Å². The lowest BCUT2D eigenvalue weighted by Crippen LogP contribution is -2.37. The van der Waals surface area contributed by atoms with Gasteiger partial charge in [0.1, 0.15) is 23.2 Å². The van der Waals surface area contributed by atoms with Crippen molar-refractivity contribution in [1.29, 1.82) is 0 Å². The maximum Gasteiger partial charge on any atom is 0.227 e. The molecule has 320 valence electrons. The highest BCUT2D eigenvalue weighted by atomic mass is 16.5. The van der Waals surface area contributed by atoms with Gasteiger partial charge in [-0.2, -0.15) is 30.1 Å². The van der Waals surface area contributed by atoms with Crippen LogP contribution < -0.4 is 20.4 Å². The van der Waals surface area contributed by atoms with Crippen molar-refractivity contribution < 1.29 is 18.3 Å². The second kappa shape index (κ2) is 18.5. The van der Waals surface area contributed by atoms with Crippen LogP contribution in [0.15, 0.2) is 94.3 Å². The van der Waals surface area contributed by atoms with Gasteiger partial charge in [0.25, 0.3) is 0 Å². The largest absolute Gasteiger partial charge is 0.467 e. The predicted octanol–water partition coefficient (Wildman–Crippen LogP) is 7.46. The van der Waals surface area contributed by atoms with Gasteiger partial charge in [-0.05, 0) is 74.7 Å². The third-order valence-corrected chi connectivity index (χ3v) is 11.1. The van der Waals surface area contributed by atoms with E-state index in [4.69, 9.17) is 48.4 Å². The van der Waals surface area contributed by atoms with Gasteiger partial charge in [-0.1, -0.05) is 49.2 Å². The molecule has 16 nitrogen and oxygen atoms in total. The number of anilines is 4. The number of furan rings is 2.